The number of hydrogen-bond donors (Lipinski definition) is 2. The van der Waals surface area contributed by atoms with E-state index in [1.165, 1.54) is 6.21 Å². The van der Waals surface area contributed by atoms with E-state index < -0.39 is 5.91 Å². The van der Waals surface area contributed by atoms with Crippen LogP contribution in [-0.2, 0) is 16.0 Å². The molecule has 2 aromatic carbocycles. The number of nitrogens with zero attached hydrogens (tertiary/aromatic N) is 1. The Morgan fingerprint density at radius 1 is 1.14 bits per heavy atom. The Morgan fingerprint density at radius 3 is 2.66 bits per heavy atom. The summed E-state index contributed by atoms with van der Waals surface area (Å²) >= 11 is 3.47. The lowest BCUT2D eigenvalue weighted by atomic mass is 10.1. The number of carbonyl (C=O) groups is 2. The third kappa shape index (κ3) is 7.69. The zero-order chi connectivity index (χ0) is 21.1. The maximum absolute atomic E-state index is 12.1. The van der Waals surface area contributed by atoms with Crippen molar-refractivity contribution in [3.8, 4) is 5.75 Å². The number of benzene rings is 2. The molecule has 0 fully saturated rings. The van der Waals surface area contributed by atoms with E-state index in [1.807, 2.05) is 49.4 Å². The molecule has 7 heteroatoms. The molecule has 0 heterocycles. The molecule has 2 amide bonds. The van der Waals surface area contributed by atoms with Crippen LogP contribution in [0.15, 0.2) is 52.0 Å². The van der Waals surface area contributed by atoms with Gasteiger partial charge in [0.1, 0.15) is 12.2 Å². The van der Waals surface area contributed by atoms with Crippen LogP contribution in [-0.4, -0.2) is 24.6 Å². The molecule has 2 rings (SSSR count). The van der Waals surface area contributed by atoms with E-state index in [-0.39, 0.29) is 12.3 Å². The Balaban J connectivity index is 1.83. The number of para-hydroxylation sites is 1. The van der Waals surface area contributed by atoms with Crippen molar-refractivity contribution < 1.29 is 14.3 Å². The molecule has 0 aliphatic rings. The number of hydrogen-bond acceptors (Lipinski definition) is 4. The van der Waals surface area contributed by atoms with Crippen LogP contribution in [0.25, 0.3) is 0 Å². The molecule has 29 heavy (non-hydrogen) atoms. The van der Waals surface area contributed by atoms with Gasteiger partial charge in [-0.25, -0.2) is 5.43 Å². The fourth-order valence-electron chi connectivity index (χ4n) is 2.55. The summed E-state index contributed by atoms with van der Waals surface area (Å²) in [5.74, 6) is -0.0927. The SMILES string of the molecule is CCCCOc1ccc(C=NNC(=O)CC(=O)Nc2ccccc2CC)cc1Br. The number of hydrazone groups is 1. The standard InChI is InChI=1S/C22H26BrN3O3/c1-3-5-12-29-20-11-10-16(13-18(20)23)15-24-26-22(28)14-21(27)25-19-9-7-6-8-17(19)4-2/h6-11,13,15H,3-5,12,14H2,1-2H3,(H,25,27)(H,26,28). The molecule has 2 N–H and O–H groups in total. The first-order valence-electron chi connectivity index (χ1n) is 9.65. The van der Waals surface area contributed by atoms with Crippen LogP contribution in [0.4, 0.5) is 5.69 Å². The third-order valence-corrected chi connectivity index (χ3v) is 4.73. The first kappa shape index (κ1) is 22.6. The highest BCUT2D eigenvalue weighted by atomic mass is 79.9. The second kappa shape index (κ2) is 12.0. The summed E-state index contributed by atoms with van der Waals surface area (Å²) in [6.07, 6.45) is 4.08. The smallest absolute Gasteiger partial charge is 0.249 e. The molecule has 0 aromatic heterocycles. The number of anilines is 1. The minimum absolute atomic E-state index is 0.302. The van der Waals surface area contributed by atoms with Crippen molar-refractivity contribution in [3.05, 3.63) is 58.1 Å². The quantitative estimate of drug-likeness (QED) is 0.234. The third-order valence-electron chi connectivity index (χ3n) is 4.11. The van der Waals surface area contributed by atoms with Crippen LogP contribution >= 0.6 is 15.9 Å². The maximum atomic E-state index is 12.1. The molecule has 154 valence electrons. The monoisotopic (exact) mass is 459 g/mol. The number of aryl methyl sites for hydroxylation is 1. The van der Waals surface area contributed by atoms with Gasteiger partial charge in [0.15, 0.2) is 0 Å². The second-order valence-electron chi connectivity index (χ2n) is 6.42. The number of unbranched alkanes of at least 4 members (excludes halogenated alkanes) is 1. The molecule has 0 radical (unpaired) electrons. The molecular weight excluding hydrogens is 434 g/mol. The van der Waals surface area contributed by atoms with Crippen LogP contribution in [0, 0.1) is 0 Å². The first-order chi connectivity index (χ1) is 14.0. The van der Waals surface area contributed by atoms with Gasteiger partial charge in [0, 0.05) is 5.69 Å². The highest BCUT2D eigenvalue weighted by Crippen LogP contribution is 2.25. The number of halogens is 1. The summed E-state index contributed by atoms with van der Waals surface area (Å²) in [7, 11) is 0. The van der Waals surface area contributed by atoms with Gasteiger partial charge in [-0.15, -0.1) is 0 Å². The lowest BCUT2D eigenvalue weighted by molar-refractivity contribution is -0.126. The Kier molecular flexibility index (Phi) is 9.37. The average molecular weight is 460 g/mol. The number of rotatable bonds is 10. The largest absolute Gasteiger partial charge is 0.492 e. The van der Waals surface area contributed by atoms with Crippen molar-refractivity contribution in [2.24, 2.45) is 5.10 Å². The molecule has 0 aliphatic heterocycles. The van der Waals surface area contributed by atoms with Gasteiger partial charge in [0.25, 0.3) is 0 Å². The lowest BCUT2D eigenvalue weighted by Crippen LogP contribution is -2.25. The van der Waals surface area contributed by atoms with Crippen molar-refractivity contribution in [1.29, 1.82) is 0 Å². The number of nitrogens with one attached hydrogen (secondary N) is 2. The predicted molar refractivity (Wildman–Crippen MR) is 119 cm³/mol. The van der Waals surface area contributed by atoms with Crippen LogP contribution in [0.2, 0.25) is 0 Å². The number of amides is 2. The molecule has 6 nitrogen and oxygen atoms in total. The fourth-order valence-corrected chi connectivity index (χ4v) is 3.06. The van der Waals surface area contributed by atoms with Crippen LogP contribution < -0.4 is 15.5 Å². The maximum Gasteiger partial charge on any atom is 0.249 e. The van der Waals surface area contributed by atoms with Crippen molar-refractivity contribution in [1.82, 2.24) is 5.43 Å². The highest BCUT2D eigenvalue weighted by molar-refractivity contribution is 9.10. The van der Waals surface area contributed by atoms with Crippen LogP contribution in [0.1, 0.15) is 44.2 Å². The summed E-state index contributed by atoms with van der Waals surface area (Å²) in [6.45, 7) is 4.79. The molecule has 0 saturated carbocycles. The van der Waals surface area contributed by atoms with Gasteiger partial charge in [-0.2, -0.15) is 5.10 Å². The molecule has 0 spiro atoms. The van der Waals surface area contributed by atoms with E-state index in [4.69, 9.17) is 4.74 Å². The van der Waals surface area contributed by atoms with Gasteiger partial charge < -0.3 is 10.1 Å². The van der Waals surface area contributed by atoms with E-state index >= 15 is 0 Å². The summed E-state index contributed by atoms with van der Waals surface area (Å²) < 4.78 is 6.50. The predicted octanol–water partition coefficient (Wildman–Crippen LogP) is 4.67. The minimum atomic E-state index is -0.480. The molecule has 0 bridgehead atoms. The topological polar surface area (TPSA) is 79.8 Å². The van der Waals surface area contributed by atoms with Gasteiger partial charge >= 0.3 is 0 Å². The summed E-state index contributed by atoms with van der Waals surface area (Å²) in [4.78, 5) is 24.0. The summed E-state index contributed by atoms with van der Waals surface area (Å²) in [5.41, 5.74) is 4.91. The van der Waals surface area contributed by atoms with E-state index in [0.29, 0.717) is 6.61 Å². The fraction of sp³-hybridized carbons (Fsp3) is 0.318. The second-order valence-corrected chi connectivity index (χ2v) is 7.28. The normalized spacial score (nSPS) is 10.7. The Labute approximate surface area is 179 Å². The van der Waals surface area contributed by atoms with Gasteiger partial charge in [0.2, 0.25) is 11.8 Å². The minimum Gasteiger partial charge on any atom is -0.492 e. The Morgan fingerprint density at radius 2 is 1.93 bits per heavy atom. The van der Waals surface area contributed by atoms with Gasteiger partial charge in [-0.3, -0.25) is 9.59 Å². The van der Waals surface area contributed by atoms with Gasteiger partial charge in [0.05, 0.1) is 17.3 Å². The van der Waals surface area contributed by atoms with Crippen molar-refractivity contribution in [3.63, 3.8) is 0 Å². The zero-order valence-electron chi connectivity index (χ0n) is 16.7. The van der Waals surface area contributed by atoms with Crippen LogP contribution in [0.3, 0.4) is 0 Å². The number of ether oxygens (including phenoxy) is 1. The zero-order valence-corrected chi connectivity index (χ0v) is 18.3. The lowest BCUT2D eigenvalue weighted by Gasteiger charge is -2.09. The van der Waals surface area contributed by atoms with E-state index in [9.17, 15) is 9.59 Å². The van der Waals surface area contributed by atoms with E-state index in [2.05, 4.69) is 38.7 Å². The highest BCUT2D eigenvalue weighted by Gasteiger charge is 2.10. The van der Waals surface area contributed by atoms with Gasteiger partial charge in [-0.05, 0) is 64.2 Å². The molecule has 0 unspecified atom stereocenters. The molecule has 0 atom stereocenters. The number of carbonyl (C=O) groups excluding carboxylic acids is 2. The van der Waals surface area contributed by atoms with Gasteiger partial charge in [-0.1, -0.05) is 38.5 Å². The summed E-state index contributed by atoms with van der Waals surface area (Å²) in [5, 5.41) is 6.68. The van der Waals surface area contributed by atoms with Crippen molar-refractivity contribution >= 4 is 39.6 Å². The molecule has 0 aliphatic carbocycles. The van der Waals surface area contributed by atoms with E-state index in [1.54, 1.807) is 0 Å². The Bertz CT molecular complexity index is 868. The van der Waals surface area contributed by atoms with Crippen molar-refractivity contribution in [2.75, 3.05) is 11.9 Å². The van der Waals surface area contributed by atoms with E-state index in [0.717, 1.165) is 46.3 Å². The average Bonchev–Trinajstić information content (AvgIpc) is 2.70. The van der Waals surface area contributed by atoms with Crippen molar-refractivity contribution in [2.45, 2.75) is 39.5 Å². The molecular formula is C22H26BrN3O3. The van der Waals surface area contributed by atoms with Crippen LogP contribution in [0.5, 0.6) is 5.75 Å². The molecule has 0 saturated heterocycles. The Hall–Kier alpha value is -2.67. The first-order valence-corrected chi connectivity index (χ1v) is 10.4. The molecule has 2 aromatic rings. The summed E-state index contributed by atoms with van der Waals surface area (Å²) in [6, 6.07) is 13.1.